The monoisotopic (exact) mass is 232 g/mol. The highest BCUT2D eigenvalue weighted by Gasteiger charge is 2.16. The van der Waals surface area contributed by atoms with E-state index in [9.17, 15) is 0 Å². The van der Waals surface area contributed by atoms with Crippen molar-refractivity contribution in [2.45, 2.75) is 38.8 Å². The van der Waals surface area contributed by atoms with E-state index in [4.69, 9.17) is 0 Å². The Balaban J connectivity index is 1.93. The lowest BCUT2D eigenvalue weighted by Crippen LogP contribution is -2.38. The van der Waals surface area contributed by atoms with E-state index in [1.54, 1.807) is 0 Å². The van der Waals surface area contributed by atoms with Gasteiger partial charge in [0.25, 0.3) is 0 Å². The SMILES string of the molecule is Cc1cccc(CN(C)C2CCCCNC2)c1. The molecule has 1 N–H and O–H groups in total. The van der Waals surface area contributed by atoms with Gasteiger partial charge in [0.15, 0.2) is 0 Å². The Kier molecular flexibility index (Phi) is 4.57. The standard InChI is InChI=1S/C15H24N2/c1-13-6-5-7-14(10-13)12-17(2)15-8-3-4-9-16-11-15/h5-7,10,15-16H,3-4,8-9,11-12H2,1-2H3. The van der Waals surface area contributed by atoms with Crippen LogP contribution in [0.3, 0.4) is 0 Å². The van der Waals surface area contributed by atoms with Gasteiger partial charge in [0.2, 0.25) is 0 Å². The van der Waals surface area contributed by atoms with Gasteiger partial charge in [-0.05, 0) is 38.9 Å². The fourth-order valence-electron chi connectivity index (χ4n) is 2.60. The number of likely N-dealkylation sites (N-methyl/N-ethyl adjacent to an activating group) is 1. The van der Waals surface area contributed by atoms with Crippen LogP contribution in [0.1, 0.15) is 30.4 Å². The molecule has 0 saturated carbocycles. The number of nitrogens with zero attached hydrogens (tertiary/aromatic N) is 1. The van der Waals surface area contributed by atoms with E-state index in [0.717, 1.165) is 13.1 Å². The molecule has 2 rings (SSSR count). The van der Waals surface area contributed by atoms with Gasteiger partial charge in [-0.15, -0.1) is 0 Å². The molecule has 0 amide bonds. The van der Waals surface area contributed by atoms with Crippen LogP contribution < -0.4 is 5.32 Å². The maximum atomic E-state index is 3.53. The first-order valence-corrected chi connectivity index (χ1v) is 6.72. The molecule has 0 spiro atoms. The molecule has 0 aromatic heterocycles. The van der Waals surface area contributed by atoms with Crippen LogP contribution in [0.25, 0.3) is 0 Å². The van der Waals surface area contributed by atoms with Crippen LogP contribution in [-0.4, -0.2) is 31.1 Å². The molecule has 1 aromatic carbocycles. The average Bonchev–Trinajstić information content (AvgIpc) is 2.57. The van der Waals surface area contributed by atoms with Crippen molar-refractivity contribution in [2.24, 2.45) is 0 Å². The number of benzene rings is 1. The maximum Gasteiger partial charge on any atom is 0.0234 e. The molecule has 1 aliphatic rings. The second-order valence-electron chi connectivity index (χ2n) is 5.26. The third-order valence-electron chi connectivity index (χ3n) is 3.66. The Morgan fingerprint density at radius 3 is 3.06 bits per heavy atom. The van der Waals surface area contributed by atoms with E-state index >= 15 is 0 Å². The van der Waals surface area contributed by atoms with Gasteiger partial charge < -0.3 is 5.32 Å². The first-order valence-electron chi connectivity index (χ1n) is 6.72. The van der Waals surface area contributed by atoms with Crippen LogP contribution >= 0.6 is 0 Å². The third-order valence-corrected chi connectivity index (χ3v) is 3.66. The molecule has 0 bridgehead atoms. The Morgan fingerprint density at radius 1 is 1.35 bits per heavy atom. The van der Waals surface area contributed by atoms with Crippen molar-refractivity contribution >= 4 is 0 Å². The highest BCUT2D eigenvalue weighted by Crippen LogP contribution is 2.13. The number of hydrogen-bond donors (Lipinski definition) is 1. The normalized spacial score (nSPS) is 21.5. The highest BCUT2D eigenvalue weighted by molar-refractivity contribution is 5.22. The summed E-state index contributed by atoms with van der Waals surface area (Å²) in [6, 6.07) is 9.53. The van der Waals surface area contributed by atoms with Crippen molar-refractivity contribution in [1.82, 2.24) is 10.2 Å². The van der Waals surface area contributed by atoms with E-state index < -0.39 is 0 Å². The molecule has 1 heterocycles. The minimum atomic E-state index is 0.693. The number of rotatable bonds is 3. The molecular formula is C15H24N2. The Morgan fingerprint density at radius 2 is 2.24 bits per heavy atom. The summed E-state index contributed by atoms with van der Waals surface area (Å²) >= 11 is 0. The van der Waals surface area contributed by atoms with Crippen molar-refractivity contribution in [3.8, 4) is 0 Å². The molecule has 0 aliphatic carbocycles. The number of aryl methyl sites for hydroxylation is 1. The van der Waals surface area contributed by atoms with E-state index in [0.29, 0.717) is 6.04 Å². The third kappa shape index (κ3) is 3.83. The smallest absolute Gasteiger partial charge is 0.0234 e. The lowest BCUT2D eigenvalue weighted by molar-refractivity contribution is 0.222. The minimum absolute atomic E-state index is 0.693. The summed E-state index contributed by atoms with van der Waals surface area (Å²) in [5.41, 5.74) is 2.78. The molecule has 94 valence electrons. The summed E-state index contributed by atoms with van der Waals surface area (Å²) in [7, 11) is 2.25. The van der Waals surface area contributed by atoms with E-state index in [1.165, 1.54) is 36.9 Å². The Hall–Kier alpha value is -0.860. The Labute approximate surface area is 105 Å². The summed E-state index contributed by atoms with van der Waals surface area (Å²) in [6.45, 7) is 5.56. The second kappa shape index (κ2) is 6.18. The van der Waals surface area contributed by atoms with Crippen LogP contribution in [0, 0.1) is 6.92 Å². The average molecular weight is 232 g/mol. The van der Waals surface area contributed by atoms with Crippen molar-refractivity contribution in [3.05, 3.63) is 35.4 Å². The summed E-state index contributed by atoms with van der Waals surface area (Å²) in [5, 5.41) is 3.53. The van der Waals surface area contributed by atoms with Crippen LogP contribution in [0.5, 0.6) is 0 Å². The van der Waals surface area contributed by atoms with Gasteiger partial charge in [-0.2, -0.15) is 0 Å². The van der Waals surface area contributed by atoms with Crippen LogP contribution in [0.4, 0.5) is 0 Å². The molecule has 1 aliphatic heterocycles. The van der Waals surface area contributed by atoms with E-state index in [1.807, 2.05) is 0 Å². The first-order chi connectivity index (χ1) is 8.25. The summed E-state index contributed by atoms with van der Waals surface area (Å²) in [6.07, 6.45) is 4.01. The fraction of sp³-hybridized carbons (Fsp3) is 0.600. The minimum Gasteiger partial charge on any atom is -0.315 e. The van der Waals surface area contributed by atoms with Gasteiger partial charge >= 0.3 is 0 Å². The predicted octanol–water partition coefficient (Wildman–Crippen LogP) is 2.57. The molecule has 1 unspecified atom stereocenters. The summed E-state index contributed by atoms with van der Waals surface area (Å²) in [5.74, 6) is 0. The molecule has 2 nitrogen and oxygen atoms in total. The molecule has 1 atom stereocenters. The number of hydrogen-bond acceptors (Lipinski definition) is 2. The molecular weight excluding hydrogens is 208 g/mol. The molecule has 17 heavy (non-hydrogen) atoms. The van der Waals surface area contributed by atoms with Gasteiger partial charge in [0.1, 0.15) is 0 Å². The first kappa shape index (κ1) is 12.6. The number of nitrogens with one attached hydrogen (secondary N) is 1. The zero-order valence-electron chi connectivity index (χ0n) is 11.1. The van der Waals surface area contributed by atoms with E-state index in [2.05, 4.69) is 48.5 Å². The van der Waals surface area contributed by atoms with Crippen molar-refractivity contribution < 1.29 is 0 Å². The lowest BCUT2D eigenvalue weighted by atomic mass is 10.1. The largest absolute Gasteiger partial charge is 0.315 e. The fourth-order valence-corrected chi connectivity index (χ4v) is 2.60. The molecule has 1 aromatic rings. The topological polar surface area (TPSA) is 15.3 Å². The van der Waals surface area contributed by atoms with Crippen molar-refractivity contribution in [2.75, 3.05) is 20.1 Å². The molecule has 1 fully saturated rings. The maximum absolute atomic E-state index is 3.53. The predicted molar refractivity (Wildman–Crippen MR) is 73.2 cm³/mol. The highest BCUT2D eigenvalue weighted by atomic mass is 15.1. The van der Waals surface area contributed by atoms with Crippen LogP contribution in [0.2, 0.25) is 0 Å². The van der Waals surface area contributed by atoms with Crippen molar-refractivity contribution in [1.29, 1.82) is 0 Å². The van der Waals surface area contributed by atoms with Gasteiger partial charge in [-0.25, -0.2) is 0 Å². The van der Waals surface area contributed by atoms with Gasteiger partial charge in [-0.3, -0.25) is 4.90 Å². The molecule has 2 heteroatoms. The van der Waals surface area contributed by atoms with Gasteiger partial charge in [0.05, 0.1) is 0 Å². The van der Waals surface area contributed by atoms with Gasteiger partial charge in [-0.1, -0.05) is 36.2 Å². The van der Waals surface area contributed by atoms with E-state index in [-0.39, 0.29) is 0 Å². The second-order valence-corrected chi connectivity index (χ2v) is 5.26. The van der Waals surface area contributed by atoms with Gasteiger partial charge in [0, 0.05) is 19.1 Å². The molecule has 1 saturated heterocycles. The quantitative estimate of drug-likeness (QED) is 0.861. The lowest BCUT2D eigenvalue weighted by Gasteiger charge is -2.27. The summed E-state index contributed by atoms with van der Waals surface area (Å²) in [4.78, 5) is 2.49. The van der Waals surface area contributed by atoms with Crippen LogP contribution in [-0.2, 0) is 6.54 Å². The van der Waals surface area contributed by atoms with Crippen LogP contribution in [0.15, 0.2) is 24.3 Å². The Bertz CT molecular complexity index is 341. The summed E-state index contributed by atoms with van der Waals surface area (Å²) < 4.78 is 0. The van der Waals surface area contributed by atoms with Crippen molar-refractivity contribution in [3.63, 3.8) is 0 Å². The zero-order valence-corrected chi connectivity index (χ0v) is 11.1. The zero-order chi connectivity index (χ0) is 12.1. The molecule has 0 radical (unpaired) electrons.